The van der Waals surface area contributed by atoms with Crippen molar-refractivity contribution >= 4 is 17.7 Å². The highest BCUT2D eigenvalue weighted by Crippen LogP contribution is 2.36. The van der Waals surface area contributed by atoms with Crippen molar-refractivity contribution in [2.75, 3.05) is 50.8 Å². The minimum atomic E-state index is -4.96. The molecule has 0 bridgehead atoms. The number of carbonyl (C=O) groups excluding carboxylic acids is 2. The highest BCUT2D eigenvalue weighted by atomic mass is 19.4. The van der Waals surface area contributed by atoms with E-state index in [1.54, 1.807) is 13.0 Å². The number of amides is 1. The molecule has 1 N–H and O–H groups in total. The van der Waals surface area contributed by atoms with E-state index in [2.05, 4.69) is 10.3 Å². The average molecular weight is 623 g/mol. The zero-order valence-electron chi connectivity index (χ0n) is 24.2. The van der Waals surface area contributed by atoms with E-state index in [1.165, 1.54) is 6.20 Å². The predicted octanol–water partition coefficient (Wildman–Crippen LogP) is 5.75. The summed E-state index contributed by atoms with van der Waals surface area (Å²) in [6, 6.07) is 10.6. The number of ether oxygens (including phenoxy) is 1. The molecular weight excluding hydrogens is 590 g/mol. The largest absolute Gasteiger partial charge is 0.465 e. The fraction of sp³-hybridized carbons (Fsp3) is 0.387. The topological polar surface area (TPSA) is 74.8 Å². The molecule has 0 unspecified atom stereocenters. The van der Waals surface area contributed by atoms with Crippen molar-refractivity contribution in [1.29, 1.82) is 0 Å². The zero-order chi connectivity index (χ0) is 32.1. The third kappa shape index (κ3) is 8.28. The van der Waals surface area contributed by atoms with Gasteiger partial charge in [0.25, 0.3) is 5.91 Å². The lowest BCUT2D eigenvalue weighted by Crippen LogP contribution is -2.48. The van der Waals surface area contributed by atoms with Gasteiger partial charge in [-0.15, -0.1) is 0 Å². The zero-order valence-corrected chi connectivity index (χ0v) is 24.2. The second-order valence-corrected chi connectivity index (χ2v) is 10.4. The molecule has 1 amide bonds. The molecule has 1 fully saturated rings. The van der Waals surface area contributed by atoms with E-state index in [0.29, 0.717) is 56.3 Å². The number of hydrogen-bond acceptors (Lipinski definition) is 6. The first-order valence-electron chi connectivity index (χ1n) is 14.0. The number of benzene rings is 2. The number of aryl methyl sites for hydroxylation is 1. The molecule has 7 nitrogen and oxygen atoms in total. The van der Waals surface area contributed by atoms with Crippen LogP contribution >= 0.6 is 0 Å². The van der Waals surface area contributed by atoms with Crippen LogP contribution in [0.15, 0.2) is 54.7 Å². The number of carbonyl (C=O) groups is 2. The van der Waals surface area contributed by atoms with Crippen molar-refractivity contribution in [2.45, 2.75) is 32.6 Å². The molecule has 44 heavy (non-hydrogen) atoms. The van der Waals surface area contributed by atoms with Gasteiger partial charge in [0.1, 0.15) is 5.82 Å². The molecule has 1 aliphatic rings. The molecule has 2 aromatic carbocycles. The van der Waals surface area contributed by atoms with Crippen LogP contribution in [-0.2, 0) is 28.3 Å². The van der Waals surface area contributed by atoms with Crippen LogP contribution in [0.3, 0.4) is 0 Å². The second kappa shape index (κ2) is 13.7. The summed E-state index contributed by atoms with van der Waals surface area (Å²) in [6.07, 6.45) is -8.74. The molecule has 1 aromatic heterocycles. The summed E-state index contributed by atoms with van der Waals surface area (Å²) >= 11 is 0. The van der Waals surface area contributed by atoms with Crippen molar-refractivity contribution < 1.29 is 40.7 Å². The quantitative estimate of drug-likeness (QED) is 0.242. The Morgan fingerprint density at radius 3 is 2.14 bits per heavy atom. The Labute approximate surface area is 250 Å². The lowest BCUT2D eigenvalue weighted by molar-refractivity contribution is -0.145. The maximum atomic E-state index is 13.3. The molecule has 0 aliphatic carbocycles. The Balaban J connectivity index is 1.52. The van der Waals surface area contributed by atoms with E-state index in [9.17, 15) is 35.9 Å². The van der Waals surface area contributed by atoms with E-state index in [0.717, 1.165) is 11.1 Å². The number of anilines is 1. The van der Waals surface area contributed by atoms with Crippen molar-refractivity contribution in [3.05, 3.63) is 82.5 Å². The molecule has 4 rings (SSSR count). The van der Waals surface area contributed by atoms with Crippen LogP contribution in [-0.4, -0.2) is 67.6 Å². The number of pyridine rings is 1. The van der Waals surface area contributed by atoms with E-state index in [1.807, 2.05) is 41.0 Å². The number of piperazine rings is 1. The van der Waals surface area contributed by atoms with E-state index in [-0.39, 0.29) is 42.7 Å². The standard InChI is InChI=1S/C31H32F6N4O3/c1-3-44-28(42)19-40-10-12-41(13-11-40)27-17-25(24-7-5-4-6-20(24)2)26(18-39-27)29(43)38-9-8-21-14-22(30(32,33)34)16-23(15-21)31(35,36)37/h4-7,14-18H,3,8-13,19H2,1-2H3,(H,38,43). The molecule has 0 atom stereocenters. The molecule has 236 valence electrons. The Hall–Kier alpha value is -4.13. The SMILES string of the molecule is CCOC(=O)CN1CCN(c2cc(-c3ccccc3C)c(C(=O)NCCc3cc(C(F)(F)F)cc(C(F)(F)F)c3)cn2)CC1. The molecule has 3 aromatic rings. The van der Waals surface area contributed by atoms with Gasteiger partial charge in [0, 0.05) is 38.9 Å². The van der Waals surface area contributed by atoms with Gasteiger partial charge < -0.3 is 15.0 Å². The van der Waals surface area contributed by atoms with Gasteiger partial charge in [0.05, 0.1) is 29.8 Å². The normalized spacial score (nSPS) is 14.4. The van der Waals surface area contributed by atoms with Crippen molar-refractivity contribution in [3.8, 4) is 11.1 Å². The van der Waals surface area contributed by atoms with Crippen LogP contribution in [0.1, 0.15) is 39.5 Å². The summed E-state index contributed by atoms with van der Waals surface area (Å²) in [5, 5.41) is 2.62. The van der Waals surface area contributed by atoms with Crippen molar-refractivity contribution in [1.82, 2.24) is 15.2 Å². The summed E-state index contributed by atoms with van der Waals surface area (Å²) in [7, 11) is 0. The van der Waals surface area contributed by atoms with Crippen molar-refractivity contribution in [3.63, 3.8) is 0 Å². The monoisotopic (exact) mass is 622 g/mol. The first-order chi connectivity index (χ1) is 20.8. The summed E-state index contributed by atoms with van der Waals surface area (Å²) in [5.74, 6) is -0.228. The van der Waals surface area contributed by atoms with Crippen LogP contribution < -0.4 is 10.2 Å². The summed E-state index contributed by atoms with van der Waals surface area (Å²) in [4.78, 5) is 33.7. The van der Waals surface area contributed by atoms with Gasteiger partial charge in [-0.1, -0.05) is 24.3 Å². The number of halogens is 6. The van der Waals surface area contributed by atoms with Crippen LogP contribution in [0.5, 0.6) is 0 Å². The lowest BCUT2D eigenvalue weighted by atomic mass is 9.96. The third-order valence-corrected chi connectivity index (χ3v) is 7.27. The van der Waals surface area contributed by atoms with Crippen LogP contribution in [0.25, 0.3) is 11.1 Å². The number of nitrogens with zero attached hydrogens (tertiary/aromatic N) is 3. The Bertz CT molecular complexity index is 1450. The molecule has 1 saturated heterocycles. The van der Waals surface area contributed by atoms with E-state index in [4.69, 9.17) is 4.74 Å². The number of hydrogen-bond donors (Lipinski definition) is 1. The van der Waals surface area contributed by atoms with Gasteiger partial charge >= 0.3 is 18.3 Å². The summed E-state index contributed by atoms with van der Waals surface area (Å²) < 4.78 is 84.5. The first-order valence-corrected chi connectivity index (χ1v) is 14.0. The second-order valence-electron chi connectivity index (χ2n) is 10.4. The summed E-state index contributed by atoms with van der Waals surface area (Å²) in [6.45, 7) is 6.33. The molecule has 0 saturated carbocycles. The minimum absolute atomic E-state index is 0.0734. The Kier molecular flexibility index (Phi) is 10.2. The van der Waals surface area contributed by atoms with Gasteiger partial charge in [0.15, 0.2) is 0 Å². The lowest BCUT2D eigenvalue weighted by Gasteiger charge is -2.35. The number of esters is 1. The van der Waals surface area contributed by atoms with Crippen LogP contribution in [0.2, 0.25) is 0 Å². The highest BCUT2D eigenvalue weighted by molar-refractivity contribution is 6.01. The maximum absolute atomic E-state index is 13.3. The number of alkyl halides is 6. The fourth-order valence-corrected chi connectivity index (χ4v) is 5.00. The number of aromatic nitrogens is 1. The average Bonchev–Trinajstić information content (AvgIpc) is 2.96. The van der Waals surface area contributed by atoms with Gasteiger partial charge in [-0.3, -0.25) is 14.5 Å². The van der Waals surface area contributed by atoms with Gasteiger partial charge in [-0.2, -0.15) is 26.3 Å². The molecule has 13 heteroatoms. The van der Waals surface area contributed by atoms with E-state index < -0.39 is 29.4 Å². The van der Waals surface area contributed by atoms with Crippen molar-refractivity contribution in [2.24, 2.45) is 0 Å². The van der Waals surface area contributed by atoms with E-state index >= 15 is 0 Å². The van der Waals surface area contributed by atoms with Gasteiger partial charge in [0.2, 0.25) is 0 Å². The number of rotatable bonds is 9. The maximum Gasteiger partial charge on any atom is 0.416 e. The predicted molar refractivity (Wildman–Crippen MR) is 152 cm³/mol. The Morgan fingerprint density at radius 2 is 1.55 bits per heavy atom. The van der Waals surface area contributed by atoms with Gasteiger partial charge in [-0.25, -0.2) is 4.98 Å². The molecule has 1 aliphatic heterocycles. The van der Waals surface area contributed by atoms with Crippen LogP contribution in [0.4, 0.5) is 32.2 Å². The first kappa shape index (κ1) is 32.8. The summed E-state index contributed by atoms with van der Waals surface area (Å²) in [5.41, 5.74) is -0.560. The smallest absolute Gasteiger partial charge is 0.416 e. The Morgan fingerprint density at radius 1 is 0.909 bits per heavy atom. The highest BCUT2D eigenvalue weighted by Gasteiger charge is 2.36. The molecule has 2 heterocycles. The van der Waals surface area contributed by atoms with Crippen LogP contribution in [0, 0.1) is 6.92 Å². The number of nitrogens with one attached hydrogen (secondary N) is 1. The molecular formula is C31H32F6N4O3. The molecule has 0 spiro atoms. The third-order valence-electron chi connectivity index (χ3n) is 7.27. The minimum Gasteiger partial charge on any atom is -0.465 e. The molecule has 0 radical (unpaired) electrons. The fourth-order valence-electron chi connectivity index (χ4n) is 5.00. The van der Waals surface area contributed by atoms with Gasteiger partial charge in [-0.05, 0) is 66.8 Å².